The number of carbonyl (C=O) groups excluding carboxylic acids is 2. The van der Waals surface area contributed by atoms with Gasteiger partial charge in [0.25, 0.3) is 11.8 Å². The number of nitrogens with zero attached hydrogens (tertiary/aromatic N) is 4. The minimum absolute atomic E-state index is 0.0490. The molecule has 0 saturated heterocycles. The Labute approximate surface area is 231 Å². The smallest absolute Gasteiger partial charge is 0.422 e. The van der Waals surface area contributed by atoms with Gasteiger partial charge in [-0.15, -0.1) is 0 Å². The van der Waals surface area contributed by atoms with E-state index in [0.717, 1.165) is 4.68 Å². The summed E-state index contributed by atoms with van der Waals surface area (Å²) in [6, 6.07) is 9.32. The van der Waals surface area contributed by atoms with Crippen LogP contribution in [0.2, 0.25) is 0 Å². The van der Waals surface area contributed by atoms with E-state index in [-0.39, 0.29) is 40.5 Å². The van der Waals surface area contributed by atoms with Gasteiger partial charge in [0, 0.05) is 12.6 Å². The molecule has 2 amide bonds. The summed E-state index contributed by atoms with van der Waals surface area (Å²) in [5.74, 6) is -1.56. The van der Waals surface area contributed by atoms with Crippen LogP contribution in [0.15, 0.2) is 36.5 Å². The maximum atomic E-state index is 13.6. The molecule has 15 heteroatoms. The number of carbonyl (C=O) groups is 2. The zero-order valence-electron chi connectivity index (χ0n) is 21.2. The Bertz CT molecular complexity index is 1740. The third-order valence-corrected chi connectivity index (χ3v) is 9.15. The van der Waals surface area contributed by atoms with Gasteiger partial charge in [0.15, 0.2) is 12.4 Å². The first-order valence-corrected chi connectivity index (χ1v) is 14.1. The highest BCUT2D eigenvalue weighted by molar-refractivity contribution is 7.91. The van der Waals surface area contributed by atoms with E-state index in [0.29, 0.717) is 36.8 Å². The van der Waals surface area contributed by atoms with E-state index >= 15 is 0 Å². The lowest BCUT2D eigenvalue weighted by atomic mass is 9.82. The van der Waals surface area contributed by atoms with Crippen LogP contribution in [0.5, 0.6) is 5.75 Å². The predicted octanol–water partition coefficient (Wildman–Crippen LogP) is 2.43. The first kappa shape index (κ1) is 26.8. The summed E-state index contributed by atoms with van der Waals surface area (Å²) < 4.78 is 71.0. The molecule has 0 unspecified atom stereocenters. The minimum atomic E-state index is -4.49. The Morgan fingerprint density at radius 2 is 2.05 bits per heavy atom. The molecular formula is C26H21F3N6O5S. The van der Waals surface area contributed by atoms with Gasteiger partial charge in [-0.1, -0.05) is 6.07 Å². The van der Waals surface area contributed by atoms with Gasteiger partial charge < -0.3 is 10.1 Å². The highest BCUT2D eigenvalue weighted by Gasteiger charge is 2.48. The summed E-state index contributed by atoms with van der Waals surface area (Å²) >= 11 is 0. The largest absolute Gasteiger partial charge is 0.484 e. The fourth-order valence-corrected chi connectivity index (χ4v) is 6.60. The number of aromatic nitrogens is 3. The topological polar surface area (TPSA) is 156 Å². The highest BCUT2D eigenvalue weighted by Crippen LogP contribution is 2.44. The molecule has 1 fully saturated rings. The molecule has 3 aromatic rings. The van der Waals surface area contributed by atoms with Crippen LogP contribution < -0.4 is 14.8 Å². The lowest BCUT2D eigenvalue weighted by Crippen LogP contribution is -2.50. The van der Waals surface area contributed by atoms with Crippen LogP contribution >= 0.6 is 0 Å². The second-order valence-corrected chi connectivity index (χ2v) is 12.2. The quantitative estimate of drug-likeness (QED) is 0.446. The van der Waals surface area contributed by atoms with Crippen LogP contribution in [-0.2, 0) is 28.4 Å². The molecule has 11 nitrogen and oxygen atoms in total. The lowest BCUT2D eigenvalue weighted by molar-refractivity contribution is -0.153. The van der Waals surface area contributed by atoms with Gasteiger partial charge in [0.2, 0.25) is 10.0 Å². The molecule has 2 aliphatic carbocycles. The van der Waals surface area contributed by atoms with Gasteiger partial charge in [0.05, 0.1) is 27.6 Å². The average molecular weight is 587 g/mol. The maximum absolute atomic E-state index is 13.6. The number of hydrogen-bond acceptors (Lipinski definition) is 8. The van der Waals surface area contributed by atoms with Gasteiger partial charge in [-0.25, -0.2) is 22.8 Å². The van der Waals surface area contributed by atoms with Crippen LogP contribution in [0.4, 0.5) is 13.2 Å². The van der Waals surface area contributed by atoms with E-state index < -0.39 is 45.4 Å². The number of nitriles is 1. The van der Waals surface area contributed by atoms with Crippen molar-refractivity contribution in [2.24, 2.45) is 0 Å². The number of alkyl halides is 3. The molecule has 1 aliphatic heterocycles. The second-order valence-electron chi connectivity index (χ2n) is 10.2. The SMILES string of the molecule is N#Cc1ccc(-n2nc3c(c2C(=O)NS(=O)(=O)C2CC2)C(=O)N[C@@]2(CCc4cc(OCC(F)(F)F)ccc42)C3)nc1. The molecule has 1 aromatic carbocycles. The van der Waals surface area contributed by atoms with E-state index in [4.69, 9.17) is 10.00 Å². The van der Waals surface area contributed by atoms with Gasteiger partial charge >= 0.3 is 6.18 Å². The van der Waals surface area contributed by atoms with E-state index in [1.807, 2.05) is 10.8 Å². The van der Waals surface area contributed by atoms with E-state index in [1.54, 1.807) is 6.07 Å². The summed E-state index contributed by atoms with van der Waals surface area (Å²) in [6.45, 7) is -1.43. The molecule has 0 radical (unpaired) electrons. The Balaban J connectivity index is 1.39. The zero-order chi connectivity index (χ0) is 29.2. The average Bonchev–Trinajstić information content (AvgIpc) is 3.65. The lowest BCUT2D eigenvalue weighted by Gasteiger charge is -2.35. The number of pyridine rings is 1. The Hall–Kier alpha value is -4.45. The van der Waals surface area contributed by atoms with Crippen molar-refractivity contribution >= 4 is 21.8 Å². The number of ether oxygens (including phenoxy) is 1. The standard InChI is InChI=1S/C26H21F3N6O5S/c27-26(28,29)13-40-16-2-5-18-15(9-16)7-8-25(18)10-19-21(23(36)32-25)22(24(37)34-41(38,39)17-3-4-17)35(33-19)20-6-1-14(11-30)12-31-20/h1-2,5-6,9,12,17H,3-4,7-8,10,13H2,(H,32,36)(H,34,37)/t25-/m0/s1. The number of aryl methyl sites for hydroxylation is 1. The number of rotatable bonds is 6. The summed E-state index contributed by atoms with van der Waals surface area (Å²) in [5, 5.41) is 15.9. The zero-order valence-corrected chi connectivity index (χ0v) is 22.0. The van der Waals surface area contributed by atoms with Crippen LogP contribution in [0.1, 0.15) is 62.5 Å². The monoisotopic (exact) mass is 586 g/mol. The van der Waals surface area contributed by atoms with Crippen LogP contribution in [0.3, 0.4) is 0 Å². The molecule has 1 spiro atoms. The van der Waals surface area contributed by atoms with Crippen LogP contribution in [0.25, 0.3) is 5.82 Å². The van der Waals surface area contributed by atoms with Crippen molar-refractivity contribution in [3.63, 3.8) is 0 Å². The first-order chi connectivity index (χ1) is 19.4. The van der Waals surface area contributed by atoms with E-state index in [2.05, 4.69) is 15.4 Å². The molecule has 1 atom stereocenters. The summed E-state index contributed by atoms with van der Waals surface area (Å²) in [5.41, 5.74) is 0.476. The van der Waals surface area contributed by atoms with Crippen molar-refractivity contribution in [2.75, 3.05) is 6.61 Å². The fourth-order valence-electron chi connectivity index (χ4n) is 5.32. The molecule has 3 aliphatic rings. The molecule has 41 heavy (non-hydrogen) atoms. The molecule has 0 bridgehead atoms. The Morgan fingerprint density at radius 1 is 1.27 bits per heavy atom. The molecule has 2 aromatic heterocycles. The predicted molar refractivity (Wildman–Crippen MR) is 135 cm³/mol. The maximum Gasteiger partial charge on any atom is 0.422 e. The summed E-state index contributed by atoms with van der Waals surface area (Å²) in [6.07, 6.45) is -1.41. The van der Waals surface area contributed by atoms with Gasteiger partial charge in [0.1, 0.15) is 17.5 Å². The molecular weight excluding hydrogens is 565 g/mol. The van der Waals surface area contributed by atoms with E-state index in [9.17, 15) is 31.2 Å². The van der Waals surface area contributed by atoms with Crippen molar-refractivity contribution in [1.82, 2.24) is 24.8 Å². The molecule has 6 rings (SSSR count). The number of benzene rings is 1. The van der Waals surface area contributed by atoms with Gasteiger partial charge in [-0.2, -0.15) is 23.5 Å². The Kier molecular flexibility index (Phi) is 6.07. The fraction of sp³-hybridized carbons (Fsp3) is 0.346. The first-order valence-electron chi connectivity index (χ1n) is 12.6. The number of nitrogens with one attached hydrogen (secondary N) is 2. The van der Waals surface area contributed by atoms with Gasteiger partial charge in [-0.05, 0) is 61.1 Å². The van der Waals surface area contributed by atoms with Crippen molar-refractivity contribution in [2.45, 2.75) is 49.1 Å². The third-order valence-electron chi connectivity index (χ3n) is 7.33. The van der Waals surface area contributed by atoms with E-state index in [1.165, 1.54) is 30.5 Å². The number of fused-ring (bicyclic) bond motifs is 3. The van der Waals surface area contributed by atoms with Gasteiger partial charge in [-0.3, -0.25) is 9.59 Å². The summed E-state index contributed by atoms with van der Waals surface area (Å²) in [7, 11) is -3.96. The molecule has 1 saturated carbocycles. The highest BCUT2D eigenvalue weighted by atomic mass is 32.2. The molecule has 2 N–H and O–H groups in total. The normalized spacial score (nSPS) is 19.7. The minimum Gasteiger partial charge on any atom is -0.484 e. The number of amides is 2. The number of halogens is 3. The molecule has 3 heterocycles. The van der Waals surface area contributed by atoms with Crippen LogP contribution in [-0.4, -0.2) is 53.0 Å². The summed E-state index contributed by atoms with van der Waals surface area (Å²) in [4.78, 5) is 31.1. The van der Waals surface area contributed by atoms with Crippen molar-refractivity contribution in [3.8, 4) is 17.6 Å². The van der Waals surface area contributed by atoms with Crippen molar-refractivity contribution in [1.29, 1.82) is 5.26 Å². The number of hydrogen-bond donors (Lipinski definition) is 2. The third kappa shape index (κ3) is 4.88. The second kappa shape index (κ2) is 9.30. The Morgan fingerprint density at radius 3 is 2.71 bits per heavy atom. The van der Waals surface area contributed by atoms with Crippen molar-refractivity contribution in [3.05, 3.63) is 70.2 Å². The number of sulfonamides is 1. The molecule has 212 valence electrons. The van der Waals surface area contributed by atoms with Crippen molar-refractivity contribution < 1.29 is 35.9 Å². The van der Waals surface area contributed by atoms with Crippen LogP contribution in [0, 0.1) is 11.3 Å².